The van der Waals surface area contributed by atoms with Gasteiger partial charge in [0.15, 0.2) is 4.80 Å². The van der Waals surface area contributed by atoms with Crippen LogP contribution in [0.1, 0.15) is 36.6 Å². The van der Waals surface area contributed by atoms with Gasteiger partial charge in [-0.2, -0.15) is 0 Å². The van der Waals surface area contributed by atoms with Gasteiger partial charge in [-0.3, -0.25) is 9.36 Å². The average molecular weight is 491 g/mol. The zero-order chi connectivity index (χ0) is 25.1. The summed E-state index contributed by atoms with van der Waals surface area (Å²) in [6.45, 7) is 7.42. The number of benzene rings is 2. The van der Waals surface area contributed by atoms with Gasteiger partial charge >= 0.3 is 5.97 Å². The molecule has 8 heteroatoms. The Balaban J connectivity index is 1.94. The fraction of sp³-hybridized carbons (Fsp3) is 0.222. The van der Waals surface area contributed by atoms with Crippen LogP contribution < -0.4 is 19.6 Å². The predicted molar refractivity (Wildman–Crippen MR) is 135 cm³/mol. The van der Waals surface area contributed by atoms with Gasteiger partial charge in [0.05, 0.1) is 35.6 Å². The number of phenolic OH excluding ortho intramolecular Hbond substituents is 1. The Bertz CT molecular complexity index is 1510. The number of fused-ring (bicyclic) bond motifs is 1. The first-order chi connectivity index (χ1) is 16.9. The number of aromatic hydroxyl groups is 1. The SMILES string of the molecule is C=CCc1cc(/C=c2/sc3n(c2=O)[C@H](c2cccc(OC)c2)C(C(=O)OCC)=C(C)N=3)ccc1O. The molecule has 1 N–H and O–H groups in total. The first kappa shape index (κ1) is 24.2. The molecule has 35 heavy (non-hydrogen) atoms. The molecule has 0 saturated heterocycles. The molecule has 0 saturated carbocycles. The van der Waals surface area contributed by atoms with E-state index in [1.54, 1.807) is 57.4 Å². The number of nitrogens with zero attached hydrogens (tertiary/aromatic N) is 2. The monoisotopic (exact) mass is 490 g/mol. The van der Waals surface area contributed by atoms with E-state index in [1.165, 1.54) is 15.9 Å². The Morgan fingerprint density at radius 1 is 1.29 bits per heavy atom. The molecule has 0 bridgehead atoms. The highest BCUT2D eigenvalue weighted by Crippen LogP contribution is 2.32. The smallest absolute Gasteiger partial charge is 0.338 e. The molecule has 180 valence electrons. The molecule has 0 unspecified atom stereocenters. The highest BCUT2D eigenvalue weighted by atomic mass is 32.1. The zero-order valence-corrected chi connectivity index (χ0v) is 20.6. The molecular formula is C27H26N2O5S. The number of hydrogen-bond acceptors (Lipinski definition) is 7. The van der Waals surface area contributed by atoms with Crippen LogP contribution in [-0.4, -0.2) is 29.4 Å². The van der Waals surface area contributed by atoms with E-state index in [2.05, 4.69) is 11.6 Å². The lowest BCUT2D eigenvalue weighted by Gasteiger charge is -2.25. The van der Waals surface area contributed by atoms with E-state index >= 15 is 0 Å². The van der Waals surface area contributed by atoms with Crippen LogP contribution in [0.15, 0.2) is 76.2 Å². The molecule has 0 fully saturated rings. The van der Waals surface area contributed by atoms with Crippen molar-refractivity contribution in [3.8, 4) is 11.5 Å². The molecule has 1 aromatic heterocycles. The summed E-state index contributed by atoms with van der Waals surface area (Å²) in [5.74, 6) is 0.279. The van der Waals surface area contributed by atoms with Gasteiger partial charge in [0.25, 0.3) is 5.56 Å². The molecule has 0 radical (unpaired) electrons. The number of allylic oxidation sites excluding steroid dienone is 2. The fourth-order valence-corrected chi connectivity index (χ4v) is 5.13. The number of rotatable bonds is 7. The van der Waals surface area contributed by atoms with Gasteiger partial charge in [-0.05, 0) is 67.3 Å². The van der Waals surface area contributed by atoms with Crippen molar-refractivity contribution in [1.29, 1.82) is 0 Å². The van der Waals surface area contributed by atoms with Gasteiger partial charge < -0.3 is 14.6 Å². The second-order valence-corrected chi connectivity index (χ2v) is 8.97. The molecule has 1 atom stereocenters. The molecule has 0 spiro atoms. The summed E-state index contributed by atoms with van der Waals surface area (Å²) in [5, 5.41) is 10.1. The highest BCUT2D eigenvalue weighted by molar-refractivity contribution is 7.07. The van der Waals surface area contributed by atoms with E-state index in [1.807, 2.05) is 18.2 Å². The molecule has 1 aliphatic heterocycles. The van der Waals surface area contributed by atoms with Gasteiger partial charge in [0.2, 0.25) is 0 Å². The van der Waals surface area contributed by atoms with E-state index in [-0.39, 0.29) is 17.9 Å². The van der Waals surface area contributed by atoms with Crippen molar-refractivity contribution in [3.63, 3.8) is 0 Å². The third kappa shape index (κ3) is 4.70. The maximum atomic E-state index is 13.7. The number of hydrogen-bond donors (Lipinski definition) is 1. The van der Waals surface area contributed by atoms with E-state index < -0.39 is 12.0 Å². The third-order valence-corrected chi connectivity index (χ3v) is 6.68. The first-order valence-corrected chi connectivity index (χ1v) is 12.0. The van der Waals surface area contributed by atoms with Crippen molar-refractivity contribution in [2.75, 3.05) is 13.7 Å². The Hall–Kier alpha value is -3.91. The Morgan fingerprint density at radius 3 is 2.80 bits per heavy atom. The fourth-order valence-electron chi connectivity index (χ4n) is 4.08. The highest BCUT2D eigenvalue weighted by Gasteiger charge is 2.33. The molecule has 7 nitrogen and oxygen atoms in total. The summed E-state index contributed by atoms with van der Waals surface area (Å²) in [4.78, 5) is 31.7. The lowest BCUT2D eigenvalue weighted by molar-refractivity contribution is -0.139. The lowest BCUT2D eigenvalue weighted by Crippen LogP contribution is -2.39. The van der Waals surface area contributed by atoms with Crippen LogP contribution in [0, 0.1) is 0 Å². The number of ether oxygens (including phenoxy) is 2. The molecular weight excluding hydrogens is 464 g/mol. The number of aromatic nitrogens is 1. The topological polar surface area (TPSA) is 90.1 Å². The minimum atomic E-state index is -0.710. The van der Waals surface area contributed by atoms with Crippen LogP contribution >= 0.6 is 11.3 Å². The van der Waals surface area contributed by atoms with E-state index in [0.717, 1.165) is 11.1 Å². The zero-order valence-electron chi connectivity index (χ0n) is 19.8. The quantitative estimate of drug-likeness (QED) is 0.406. The van der Waals surface area contributed by atoms with Crippen LogP contribution in [-0.2, 0) is 16.0 Å². The molecule has 4 rings (SSSR count). The van der Waals surface area contributed by atoms with Crippen molar-refractivity contribution in [1.82, 2.24) is 4.57 Å². The molecule has 1 aliphatic rings. The standard InChI is InChI=1S/C27H26N2O5S/c1-5-8-18-13-17(11-12-21(18)30)14-22-25(31)29-24(19-9-7-10-20(15-19)33-4)23(26(32)34-6-2)16(3)28-27(29)35-22/h5,7,9-15,24,30H,1,6,8H2,2-4H3/b22-14+/t24-/m1/s1. The lowest BCUT2D eigenvalue weighted by atomic mass is 9.95. The molecule has 2 aromatic carbocycles. The van der Waals surface area contributed by atoms with Gasteiger partial charge in [-0.25, -0.2) is 9.79 Å². The van der Waals surface area contributed by atoms with Crippen molar-refractivity contribution in [3.05, 3.63) is 103 Å². The number of esters is 1. The maximum absolute atomic E-state index is 13.7. The number of carbonyl (C=O) groups excluding carboxylic acids is 1. The summed E-state index contributed by atoms with van der Waals surface area (Å²) in [6.07, 6.45) is 3.98. The normalized spacial score (nSPS) is 15.4. The molecule has 0 aliphatic carbocycles. The summed E-state index contributed by atoms with van der Waals surface area (Å²) in [6, 6.07) is 11.7. The molecule has 3 aromatic rings. The second kappa shape index (κ2) is 10.1. The Kier molecular flexibility index (Phi) is 7.02. The minimum absolute atomic E-state index is 0.177. The maximum Gasteiger partial charge on any atom is 0.338 e. The van der Waals surface area contributed by atoms with Gasteiger partial charge in [-0.15, -0.1) is 6.58 Å². The van der Waals surface area contributed by atoms with Crippen LogP contribution in [0.4, 0.5) is 0 Å². The van der Waals surface area contributed by atoms with Gasteiger partial charge in [-0.1, -0.05) is 35.6 Å². The largest absolute Gasteiger partial charge is 0.508 e. The van der Waals surface area contributed by atoms with Crippen molar-refractivity contribution in [2.45, 2.75) is 26.3 Å². The van der Waals surface area contributed by atoms with Crippen molar-refractivity contribution >= 4 is 23.4 Å². The molecule has 0 amide bonds. The van der Waals surface area contributed by atoms with Crippen molar-refractivity contribution < 1.29 is 19.4 Å². The number of phenols is 1. The summed E-state index contributed by atoms with van der Waals surface area (Å²) in [7, 11) is 1.57. The van der Waals surface area contributed by atoms with E-state index in [0.29, 0.717) is 38.3 Å². The van der Waals surface area contributed by atoms with Gasteiger partial charge in [0.1, 0.15) is 11.5 Å². The van der Waals surface area contributed by atoms with E-state index in [4.69, 9.17) is 9.47 Å². The van der Waals surface area contributed by atoms with Crippen LogP contribution in [0.2, 0.25) is 0 Å². The number of thiazole rings is 1. The van der Waals surface area contributed by atoms with Crippen LogP contribution in [0.25, 0.3) is 6.08 Å². The predicted octanol–water partition coefficient (Wildman–Crippen LogP) is 3.24. The van der Waals surface area contributed by atoms with Crippen LogP contribution in [0.3, 0.4) is 0 Å². The number of methoxy groups -OCH3 is 1. The first-order valence-electron chi connectivity index (χ1n) is 11.1. The second-order valence-electron chi connectivity index (χ2n) is 7.96. The molecule has 2 heterocycles. The van der Waals surface area contributed by atoms with Crippen molar-refractivity contribution in [2.24, 2.45) is 4.99 Å². The summed E-state index contributed by atoms with van der Waals surface area (Å²) >= 11 is 1.25. The Morgan fingerprint density at radius 2 is 2.09 bits per heavy atom. The van der Waals surface area contributed by atoms with E-state index in [9.17, 15) is 14.7 Å². The summed E-state index contributed by atoms with van der Waals surface area (Å²) in [5.41, 5.74) is 2.75. The minimum Gasteiger partial charge on any atom is -0.508 e. The third-order valence-electron chi connectivity index (χ3n) is 5.69. The number of carbonyl (C=O) groups is 1. The van der Waals surface area contributed by atoms with Gasteiger partial charge in [0, 0.05) is 0 Å². The van der Waals surface area contributed by atoms with Crippen LogP contribution in [0.5, 0.6) is 11.5 Å². The average Bonchev–Trinajstić information content (AvgIpc) is 3.14. The summed E-state index contributed by atoms with van der Waals surface area (Å²) < 4.78 is 12.7. The Labute approximate surface area is 206 Å².